The Balaban J connectivity index is 1.90. The van der Waals surface area contributed by atoms with Crippen LogP contribution in [0.3, 0.4) is 0 Å². The van der Waals surface area contributed by atoms with Gasteiger partial charge in [-0.05, 0) is 229 Å². The smallest absolute Gasteiger partial charge is 0.0357 e. The van der Waals surface area contributed by atoms with Gasteiger partial charge in [0.25, 0.3) is 0 Å². The number of halogens is 8. The van der Waals surface area contributed by atoms with Crippen molar-refractivity contribution in [1.82, 2.24) is 0 Å². The third-order valence-corrected chi connectivity index (χ3v) is 19.8. The van der Waals surface area contributed by atoms with Crippen LogP contribution in [-0.4, -0.2) is 0 Å². The lowest BCUT2D eigenvalue weighted by molar-refractivity contribution is 0.441. The molecule has 174 valence electrons. The Morgan fingerprint density at radius 1 is 0.344 bits per heavy atom. The zero-order chi connectivity index (χ0) is 23.2. The van der Waals surface area contributed by atoms with Crippen molar-refractivity contribution in [3.05, 3.63) is 39.7 Å². The van der Waals surface area contributed by atoms with Crippen molar-refractivity contribution in [3.8, 4) is 11.1 Å². The zero-order valence-electron chi connectivity index (χ0n) is 17.2. The van der Waals surface area contributed by atoms with Gasteiger partial charge in [-0.15, -0.1) is 0 Å². The average molecular weight is 1330 g/mol. The van der Waals surface area contributed by atoms with Crippen LogP contribution in [0.25, 0.3) is 11.1 Å². The van der Waals surface area contributed by atoms with Crippen LogP contribution in [0.1, 0.15) is 87.2 Å². The highest BCUT2D eigenvalue weighted by Crippen LogP contribution is 2.49. The number of benzene rings is 2. The predicted molar refractivity (Wildman–Crippen MR) is 205 cm³/mol. The molecule has 0 amide bonds. The van der Waals surface area contributed by atoms with E-state index in [-0.39, 0.29) is 0 Å². The Morgan fingerprint density at radius 2 is 0.594 bits per heavy atom. The summed E-state index contributed by atoms with van der Waals surface area (Å²) in [6.07, 6.45) is 13.8. The van der Waals surface area contributed by atoms with Gasteiger partial charge in [0.1, 0.15) is 0 Å². The Hall–Kier alpha value is 4.28. The normalized spacial score (nSPS) is 18.4. The molecule has 0 saturated heterocycles. The van der Waals surface area contributed by atoms with Crippen LogP contribution in [0.2, 0.25) is 0 Å². The molecule has 0 heterocycles. The summed E-state index contributed by atoms with van der Waals surface area (Å²) in [4.78, 5) is 0. The highest BCUT2D eigenvalue weighted by Gasteiger charge is 2.31. The molecule has 4 rings (SSSR count). The van der Waals surface area contributed by atoms with E-state index in [0.717, 1.165) is 11.8 Å². The summed E-state index contributed by atoms with van der Waals surface area (Å²) in [7, 11) is 0. The molecule has 0 aliphatic heterocycles. The predicted octanol–water partition coefficient (Wildman–Crippen LogP) is 12.3. The molecule has 8 heteroatoms. The van der Waals surface area contributed by atoms with Crippen molar-refractivity contribution in [2.75, 3.05) is 0 Å². The van der Waals surface area contributed by atoms with Gasteiger partial charge in [-0.2, -0.15) is 0 Å². The SMILES string of the molecule is Ic1c(I)c(C2CCCCC2)c(I)c(I)c1-c1c(I)c(I)c(C2CCCCC2)c(I)c1I. The Morgan fingerprint density at radius 3 is 0.844 bits per heavy atom. The molecule has 0 nitrogen and oxygen atoms in total. The second kappa shape index (κ2) is 13.1. The first-order valence-corrected chi connectivity index (χ1v) is 19.6. The molecule has 0 aromatic heterocycles. The third-order valence-electron chi connectivity index (χ3n) is 6.87. The van der Waals surface area contributed by atoms with Gasteiger partial charge >= 0.3 is 0 Å². The number of hydrogen-bond donors (Lipinski definition) is 0. The minimum absolute atomic E-state index is 0.741. The molecule has 0 bridgehead atoms. The van der Waals surface area contributed by atoms with Crippen molar-refractivity contribution in [2.24, 2.45) is 0 Å². The first-order chi connectivity index (χ1) is 15.3. The van der Waals surface area contributed by atoms with Gasteiger partial charge in [-0.25, -0.2) is 0 Å². The van der Waals surface area contributed by atoms with E-state index >= 15 is 0 Å². The van der Waals surface area contributed by atoms with Crippen LogP contribution in [0.15, 0.2) is 0 Å². The Kier molecular flexibility index (Phi) is 12.0. The Labute approximate surface area is 301 Å². The van der Waals surface area contributed by atoms with Crippen LogP contribution in [0.4, 0.5) is 0 Å². The van der Waals surface area contributed by atoms with Crippen LogP contribution in [0, 0.1) is 28.6 Å². The van der Waals surface area contributed by atoms with Gasteiger partial charge in [0.05, 0.1) is 0 Å². The fourth-order valence-corrected chi connectivity index (χ4v) is 14.5. The topological polar surface area (TPSA) is 0 Å². The highest BCUT2D eigenvalue weighted by molar-refractivity contribution is 14.1. The molecule has 2 aromatic rings. The average Bonchev–Trinajstić information content (AvgIpc) is 2.80. The summed E-state index contributed by atoms with van der Waals surface area (Å²) < 4.78 is 11.8. The lowest BCUT2D eigenvalue weighted by Crippen LogP contribution is -2.14. The number of hydrogen-bond acceptors (Lipinski definition) is 0. The monoisotopic (exact) mass is 1330 g/mol. The minimum Gasteiger partial charge on any atom is -0.0533 e. The van der Waals surface area contributed by atoms with Gasteiger partial charge in [0.15, 0.2) is 0 Å². The third kappa shape index (κ3) is 5.89. The van der Waals surface area contributed by atoms with Gasteiger partial charge in [0, 0.05) is 39.7 Å². The first kappa shape index (κ1) is 29.3. The van der Waals surface area contributed by atoms with Crippen LogP contribution in [0.5, 0.6) is 0 Å². The number of rotatable bonds is 3. The fourth-order valence-electron chi connectivity index (χ4n) is 5.24. The van der Waals surface area contributed by atoms with E-state index in [9.17, 15) is 0 Å². The van der Waals surface area contributed by atoms with Crippen molar-refractivity contribution in [1.29, 1.82) is 0 Å². The van der Waals surface area contributed by atoms with E-state index in [2.05, 4.69) is 181 Å². The van der Waals surface area contributed by atoms with Gasteiger partial charge in [0.2, 0.25) is 0 Å². The zero-order valence-corrected chi connectivity index (χ0v) is 34.5. The largest absolute Gasteiger partial charge is 0.0533 e. The molecule has 2 saturated carbocycles. The molecular formula is C24H22I8. The van der Waals surface area contributed by atoms with Gasteiger partial charge in [-0.1, -0.05) is 38.5 Å². The van der Waals surface area contributed by atoms with E-state index in [1.165, 1.54) is 104 Å². The molecule has 0 spiro atoms. The molecule has 0 atom stereocenters. The quantitative estimate of drug-likeness (QED) is 0.212. The highest BCUT2D eigenvalue weighted by atomic mass is 127. The maximum absolute atomic E-state index is 2.66. The van der Waals surface area contributed by atoms with E-state index in [4.69, 9.17) is 0 Å². The summed E-state index contributed by atoms with van der Waals surface area (Å²) in [5.74, 6) is 1.48. The van der Waals surface area contributed by atoms with E-state index in [1.807, 2.05) is 0 Å². The summed E-state index contributed by atoms with van der Waals surface area (Å²) in [6.45, 7) is 0. The van der Waals surface area contributed by atoms with E-state index in [1.54, 1.807) is 11.1 Å². The summed E-state index contributed by atoms with van der Waals surface area (Å²) in [5, 5.41) is 0. The maximum Gasteiger partial charge on any atom is 0.0357 e. The second-order valence-corrected chi connectivity index (χ2v) is 17.4. The molecular weight excluding hydrogens is 1300 g/mol. The lowest BCUT2D eigenvalue weighted by Gasteiger charge is -2.29. The molecule has 0 N–H and O–H groups in total. The summed E-state index contributed by atoms with van der Waals surface area (Å²) >= 11 is 21.3. The maximum atomic E-state index is 2.66. The molecule has 2 aliphatic rings. The Bertz CT molecular complexity index is 892. The second-order valence-electron chi connectivity index (χ2n) is 8.76. The van der Waals surface area contributed by atoms with Gasteiger partial charge < -0.3 is 0 Å². The van der Waals surface area contributed by atoms with E-state index in [0.29, 0.717) is 0 Å². The van der Waals surface area contributed by atoms with Crippen LogP contribution < -0.4 is 0 Å². The standard InChI is InChI=1S/C24H22I8/c25-17-13(11-7-3-1-4-8-11)18(26)22(30)15(21(17)29)16-23(31)19(27)14(20(28)24(16)32)12-9-5-2-6-10-12/h11-12H,1-10H2. The van der Waals surface area contributed by atoms with Crippen LogP contribution >= 0.6 is 181 Å². The fraction of sp³-hybridized carbons (Fsp3) is 0.500. The molecule has 32 heavy (non-hydrogen) atoms. The molecule has 2 fully saturated rings. The lowest BCUT2D eigenvalue weighted by atomic mass is 9.83. The summed E-state index contributed by atoms with van der Waals surface area (Å²) in [5.41, 5.74) is 6.21. The van der Waals surface area contributed by atoms with Crippen molar-refractivity contribution in [3.63, 3.8) is 0 Å². The van der Waals surface area contributed by atoms with Crippen molar-refractivity contribution in [2.45, 2.75) is 76.0 Å². The van der Waals surface area contributed by atoms with Crippen molar-refractivity contribution >= 4 is 181 Å². The minimum atomic E-state index is 0.741. The molecule has 0 radical (unpaired) electrons. The van der Waals surface area contributed by atoms with Crippen molar-refractivity contribution < 1.29 is 0 Å². The van der Waals surface area contributed by atoms with Crippen LogP contribution in [-0.2, 0) is 0 Å². The first-order valence-electron chi connectivity index (χ1n) is 11.0. The molecule has 2 aromatic carbocycles. The molecule has 2 aliphatic carbocycles. The van der Waals surface area contributed by atoms with E-state index < -0.39 is 0 Å². The molecule has 0 unspecified atom stereocenters. The summed E-state index contributed by atoms with van der Waals surface area (Å²) in [6, 6.07) is 0. The van der Waals surface area contributed by atoms with Gasteiger partial charge in [-0.3, -0.25) is 0 Å².